The predicted octanol–water partition coefficient (Wildman–Crippen LogP) is 1.55. The van der Waals surface area contributed by atoms with E-state index in [1.807, 2.05) is 0 Å². The van der Waals surface area contributed by atoms with E-state index >= 15 is 0 Å². The quantitative estimate of drug-likeness (QED) is 0.391. The van der Waals surface area contributed by atoms with Crippen molar-refractivity contribution in [2.75, 3.05) is 13.2 Å². The predicted molar refractivity (Wildman–Crippen MR) is 57.1 cm³/mol. The van der Waals surface area contributed by atoms with E-state index in [0.29, 0.717) is 6.42 Å². The van der Waals surface area contributed by atoms with Crippen LogP contribution in [0.25, 0.3) is 4.85 Å². The summed E-state index contributed by atoms with van der Waals surface area (Å²) in [5, 5.41) is 0. The van der Waals surface area contributed by atoms with Crippen LogP contribution in [0.15, 0.2) is 12.3 Å². The molecule has 0 aliphatic carbocycles. The standard InChI is InChI=1S/C11H15NO4/c1-5-9(11(14)15-6-2)7-16-10(13)8(3)12-4/h9H,3,5-7H2,1-2H3. The first-order chi connectivity index (χ1) is 7.56. The monoisotopic (exact) mass is 225 g/mol. The Morgan fingerprint density at radius 3 is 2.44 bits per heavy atom. The van der Waals surface area contributed by atoms with Crippen LogP contribution >= 0.6 is 0 Å². The molecule has 0 spiro atoms. The van der Waals surface area contributed by atoms with Gasteiger partial charge in [-0.2, -0.15) is 0 Å². The third-order valence-corrected chi connectivity index (χ3v) is 1.90. The van der Waals surface area contributed by atoms with E-state index in [-0.39, 0.29) is 18.9 Å². The summed E-state index contributed by atoms with van der Waals surface area (Å²) in [6.07, 6.45) is 0.511. The summed E-state index contributed by atoms with van der Waals surface area (Å²) in [5.41, 5.74) is -0.293. The second-order valence-corrected chi connectivity index (χ2v) is 3.01. The summed E-state index contributed by atoms with van der Waals surface area (Å²) >= 11 is 0. The molecule has 0 fully saturated rings. The van der Waals surface area contributed by atoms with Crippen LogP contribution in [0, 0.1) is 12.5 Å². The third kappa shape index (κ3) is 4.60. The molecule has 5 heteroatoms. The molecule has 88 valence electrons. The van der Waals surface area contributed by atoms with Crippen LogP contribution in [-0.2, 0) is 19.1 Å². The van der Waals surface area contributed by atoms with Gasteiger partial charge in [-0.1, -0.05) is 13.5 Å². The number of carbonyl (C=O) groups excluding carboxylic acids is 2. The largest absolute Gasteiger partial charge is 0.470 e. The Morgan fingerprint density at radius 1 is 1.38 bits per heavy atom. The highest BCUT2D eigenvalue weighted by molar-refractivity contribution is 5.89. The molecule has 0 saturated heterocycles. The zero-order chi connectivity index (χ0) is 12.6. The maximum atomic E-state index is 11.3. The lowest BCUT2D eigenvalue weighted by molar-refractivity contribution is -0.153. The Labute approximate surface area is 94.9 Å². The van der Waals surface area contributed by atoms with Crippen LogP contribution in [0.2, 0.25) is 0 Å². The molecule has 5 nitrogen and oxygen atoms in total. The number of ether oxygens (including phenoxy) is 2. The lowest BCUT2D eigenvalue weighted by Gasteiger charge is -2.13. The smallest absolute Gasteiger partial charge is 0.335 e. The van der Waals surface area contributed by atoms with E-state index in [1.165, 1.54) is 0 Å². The molecular weight excluding hydrogens is 210 g/mol. The fourth-order valence-electron chi connectivity index (χ4n) is 0.918. The summed E-state index contributed by atoms with van der Waals surface area (Å²) in [6, 6.07) is 0. The number of hydrogen-bond donors (Lipinski definition) is 0. The summed E-state index contributed by atoms with van der Waals surface area (Å²) in [6.45, 7) is 13.5. The molecule has 1 atom stereocenters. The van der Waals surface area contributed by atoms with Crippen molar-refractivity contribution in [3.05, 3.63) is 23.7 Å². The average Bonchev–Trinajstić information content (AvgIpc) is 2.28. The van der Waals surface area contributed by atoms with E-state index in [0.717, 1.165) is 0 Å². The number of carbonyl (C=O) groups is 2. The van der Waals surface area contributed by atoms with Crippen molar-refractivity contribution in [3.8, 4) is 0 Å². The van der Waals surface area contributed by atoms with Crippen molar-refractivity contribution < 1.29 is 19.1 Å². The van der Waals surface area contributed by atoms with E-state index in [2.05, 4.69) is 11.4 Å². The topological polar surface area (TPSA) is 57.0 Å². The minimum absolute atomic E-state index is 0.0806. The molecule has 0 aromatic rings. The molecule has 1 unspecified atom stereocenters. The molecule has 0 N–H and O–H groups in total. The van der Waals surface area contributed by atoms with Gasteiger partial charge in [0.15, 0.2) is 0 Å². The zero-order valence-electron chi connectivity index (χ0n) is 9.49. The molecule has 0 radical (unpaired) electrons. The van der Waals surface area contributed by atoms with Crippen molar-refractivity contribution in [1.82, 2.24) is 0 Å². The SMILES string of the molecule is [C-]#[N+]C(=C)C(=O)OCC(CC)C(=O)OCC. The van der Waals surface area contributed by atoms with Gasteiger partial charge in [0.05, 0.1) is 19.1 Å². The third-order valence-electron chi connectivity index (χ3n) is 1.90. The van der Waals surface area contributed by atoms with Crippen LogP contribution in [0.5, 0.6) is 0 Å². The molecule has 0 aliphatic rings. The van der Waals surface area contributed by atoms with E-state index in [9.17, 15) is 9.59 Å². The van der Waals surface area contributed by atoms with Crippen molar-refractivity contribution >= 4 is 11.9 Å². The first-order valence-electron chi connectivity index (χ1n) is 4.96. The van der Waals surface area contributed by atoms with Gasteiger partial charge < -0.3 is 9.47 Å². The summed E-state index contributed by atoms with van der Waals surface area (Å²) < 4.78 is 9.56. The molecule has 0 amide bonds. The van der Waals surface area contributed by atoms with Gasteiger partial charge in [-0.3, -0.25) is 9.59 Å². The maximum Gasteiger partial charge on any atom is 0.335 e. The van der Waals surface area contributed by atoms with Crippen LogP contribution in [-0.4, -0.2) is 25.2 Å². The number of esters is 2. The van der Waals surface area contributed by atoms with E-state index in [1.54, 1.807) is 13.8 Å². The molecule has 0 saturated carbocycles. The van der Waals surface area contributed by atoms with Crippen molar-refractivity contribution in [2.45, 2.75) is 20.3 Å². The molecule has 16 heavy (non-hydrogen) atoms. The van der Waals surface area contributed by atoms with Crippen LogP contribution in [0.3, 0.4) is 0 Å². The number of hydrogen-bond acceptors (Lipinski definition) is 4. The first-order valence-corrected chi connectivity index (χ1v) is 4.96. The van der Waals surface area contributed by atoms with Gasteiger partial charge in [0, 0.05) is 0 Å². The molecule has 0 rings (SSSR count). The van der Waals surface area contributed by atoms with Crippen LogP contribution in [0.4, 0.5) is 0 Å². The molecule has 0 aromatic carbocycles. The minimum Gasteiger partial charge on any atom is -0.470 e. The Hall–Kier alpha value is -1.83. The van der Waals surface area contributed by atoms with Gasteiger partial charge in [-0.05, 0) is 13.3 Å². The second-order valence-electron chi connectivity index (χ2n) is 3.01. The van der Waals surface area contributed by atoms with Gasteiger partial charge in [-0.25, -0.2) is 4.85 Å². The Balaban J connectivity index is 4.16. The van der Waals surface area contributed by atoms with Crippen LogP contribution < -0.4 is 0 Å². The summed E-state index contributed by atoms with van der Waals surface area (Å²) in [5.74, 6) is -1.67. The summed E-state index contributed by atoms with van der Waals surface area (Å²) in [7, 11) is 0. The average molecular weight is 225 g/mol. The van der Waals surface area contributed by atoms with Gasteiger partial charge in [0.25, 0.3) is 5.70 Å². The highest BCUT2D eigenvalue weighted by Gasteiger charge is 2.20. The highest BCUT2D eigenvalue weighted by atomic mass is 16.5. The Morgan fingerprint density at radius 2 is 2.00 bits per heavy atom. The molecular formula is C11H15NO4. The Bertz CT molecular complexity index is 316. The maximum absolute atomic E-state index is 11.3. The normalized spacial score (nSPS) is 11.1. The van der Waals surface area contributed by atoms with Crippen molar-refractivity contribution in [3.63, 3.8) is 0 Å². The molecule has 0 bridgehead atoms. The second kappa shape index (κ2) is 7.46. The lowest BCUT2D eigenvalue weighted by atomic mass is 10.1. The zero-order valence-corrected chi connectivity index (χ0v) is 9.49. The van der Waals surface area contributed by atoms with E-state index < -0.39 is 17.9 Å². The fourth-order valence-corrected chi connectivity index (χ4v) is 0.918. The lowest BCUT2D eigenvalue weighted by Crippen LogP contribution is -2.23. The highest BCUT2D eigenvalue weighted by Crippen LogP contribution is 2.07. The minimum atomic E-state index is -0.794. The van der Waals surface area contributed by atoms with Gasteiger partial charge >= 0.3 is 11.9 Å². The Kier molecular flexibility index (Phi) is 6.61. The number of nitrogens with zero attached hydrogens (tertiary/aromatic N) is 1. The number of rotatable bonds is 6. The fraction of sp³-hybridized carbons (Fsp3) is 0.545. The van der Waals surface area contributed by atoms with Gasteiger partial charge in [-0.15, -0.1) is 0 Å². The first kappa shape index (κ1) is 14.2. The van der Waals surface area contributed by atoms with Crippen molar-refractivity contribution in [1.29, 1.82) is 0 Å². The molecule has 0 heterocycles. The van der Waals surface area contributed by atoms with Gasteiger partial charge in [0.1, 0.15) is 6.61 Å². The molecule has 0 aliphatic heterocycles. The van der Waals surface area contributed by atoms with Crippen LogP contribution in [0.1, 0.15) is 20.3 Å². The van der Waals surface area contributed by atoms with Crippen molar-refractivity contribution in [2.24, 2.45) is 5.92 Å². The van der Waals surface area contributed by atoms with Gasteiger partial charge in [0.2, 0.25) is 0 Å². The van der Waals surface area contributed by atoms with E-state index in [4.69, 9.17) is 16.0 Å². The molecule has 0 aromatic heterocycles. The summed E-state index contributed by atoms with van der Waals surface area (Å²) in [4.78, 5) is 25.3.